The third-order valence-electron chi connectivity index (χ3n) is 3.18. The first-order chi connectivity index (χ1) is 9.09. The summed E-state index contributed by atoms with van der Waals surface area (Å²) in [5.74, 6) is 0.842. The van der Waals surface area contributed by atoms with Gasteiger partial charge in [0.25, 0.3) is 5.91 Å². The van der Waals surface area contributed by atoms with E-state index in [-0.39, 0.29) is 5.91 Å². The summed E-state index contributed by atoms with van der Waals surface area (Å²) in [4.78, 5) is 14.0. The van der Waals surface area contributed by atoms with E-state index in [1.54, 1.807) is 6.92 Å². The lowest BCUT2D eigenvalue weighted by Gasteiger charge is -2.33. The quantitative estimate of drug-likeness (QED) is 0.827. The number of para-hydroxylation sites is 2. The molecule has 4 heteroatoms. The monoisotopic (exact) mass is 262 g/mol. The van der Waals surface area contributed by atoms with Crippen LogP contribution in [0, 0.1) is 0 Å². The fourth-order valence-electron chi connectivity index (χ4n) is 2.22. The van der Waals surface area contributed by atoms with Crippen molar-refractivity contribution < 1.29 is 9.53 Å². The van der Waals surface area contributed by atoms with Crippen molar-refractivity contribution in [1.82, 2.24) is 5.32 Å². The van der Waals surface area contributed by atoms with Gasteiger partial charge >= 0.3 is 0 Å². The Balaban J connectivity index is 2.03. The molecule has 4 nitrogen and oxygen atoms in total. The number of carbonyl (C=O) groups is 1. The Bertz CT molecular complexity index is 446. The predicted octanol–water partition coefficient (Wildman–Crippen LogP) is 2.19. The van der Waals surface area contributed by atoms with Crippen molar-refractivity contribution in [3.63, 3.8) is 0 Å². The smallest absolute Gasteiger partial charge is 0.267 e. The van der Waals surface area contributed by atoms with Crippen LogP contribution in [0.25, 0.3) is 0 Å². The number of benzene rings is 1. The minimum Gasteiger partial charge on any atom is -0.479 e. The molecule has 0 spiro atoms. The van der Waals surface area contributed by atoms with E-state index in [0.717, 1.165) is 30.9 Å². The van der Waals surface area contributed by atoms with E-state index in [4.69, 9.17) is 4.74 Å². The van der Waals surface area contributed by atoms with Gasteiger partial charge in [0, 0.05) is 12.6 Å². The van der Waals surface area contributed by atoms with Crippen molar-refractivity contribution in [3.8, 4) is 5.75 Å². The normalized spacial score (nSPS) is 18.4. The maximum atomic E-state index is 12.2. The van der Waals surface area contributed by atoms with Gasteiger partial charge in [-0.1, -0.05) is 26.0 Å². The third-order valence-corrected chi connectivity index (χ3v) is 3.18. The molecular weight excluding hydrogens is 240 g/mol. The molecular formula is C15H22N2O2. The van der Waals surface area contributed by atoms with Gasteiger partial charge in [0.1, 0.15) is 5.75 Å². The van der Waals surface area contributed by atoms with E-state index in [1.807, 2.05) is 29.2 Å². The molecule has 19 heavy (non-hydrogen) atoms. The minimum atomic E-state index is -0.395. The van der Waals surface area contributed by atoms with E-state index in [2.05, 4.69) is 19.2 Å². The summed E-state index contributed by atoms with van der Waals surface area (Å²) in [6, 6.07) is 8.20. The maximum Gasteiger partial charge on any atom is 0.267 e. The molecule has 1 aromatic rings. The molecule has 0 fully saturated rings. The number of anilines is 1. The Labute approximate surface area is 114 Å². The Morgan fingerprint density at radius 3 is 2.84 bits per heavy atom. The summed E-state index contributed by atoms with van der Waals surface area (Å²) in [5, 5.41) is 3.37. The molecule has 104 valence electrons. The summed E-state index contributed by atoms with van der Waals surface area (Å²) >= 11 is 0. The van der Waals surface area contributed by atoms with Crippen LogP contribution in [-0.4, -0.2) is 31.1 Å². The number of amides is 1. The molecule has 0 radical (unpaired) electrons. The van der Waals surface area contributed by atoms with Crippen molar-refractivity contribution >= 4 is 11.6 Å². The molecule has 1 amide bonds. The van der Waals surface area contributed by atoms with Crippen LogP contribution in [0.1, 0.15) is 27.2 Å². The van der Waals surface area contributed by atoms with Crippen LogP contribution in [0.2, 0.25) is 0 Å². The van der Waals surface area contributed by atoms with Crippen LogP contribution in [-0.2, 0) is 4.79 Å². The minimum absolute atomic E-state index is 0.0447. The third kappa shape index (κ3) is 3.26. The number of ether oxygens (including phenoxy) is 1. The van der Waals surface area contributed by atoms with Crippen LogP contribution in [0.5, 0.6) is 5.75 Å². The average Bonchev–Trinajstić information content (AvgIpc) is 2.38. The number of nitrogens with zero attached hydrogens (tertiary/aromatic N) is 1. The van der Waals surface area contributed by atoms with Crippen molar-refractivity contribution in [2.24, 2.45) is 0 Å². The van der Waals surface area contributed by atoms with Gasteiger partial charge in [0.05, 0.1) is 5.69 Å². The molecule has 0 saturated heterocycles. The lowest BCUT2D eigenvalue weighted by atomic mass is 10.1. The molecule has 1 heterocycles. The highest BCUT2D eigenvalue weighted by molar-refractivity contribution is 5.99. The second-order valence-corrected chi connectivity index (χ2v) is 5.18. The average molecular weight is 262 g/mol. The Hall–Kier alpha value is -1.55. The Kier molecular flexibility index (Phi) is 4.43. The fourth-order valence-corrected chi connectivity index (χ4v) is 2.22. The highest BCUT2D eigenvalue weighted by atomic mass is 16.5. The first-order valence-electron chi connectivity index (χ1n) is 6.90. The van der Waals surface area contributed by atoms with E-state index in [9.17, 15) is 4.79 Å². The number of hydrogen-bond donors (Lipinski definition) is 1. The van der Waals surface area contributed by atoms with Gasteiger partial charge in [-0.05, 0) is 32.0 Å². The number of fused-ring (bicyclic) bond motifs is 1. The highest BCUT2D eigenvalue weighted by Crippen LogP contribution is 2.33. The first-order valence-corrected chi connectivity index (χ1v) is 6.90. The molecule has 1 atom stereocenters. The van der Waals surface area contributed by atoms with Crippen molar-refractivity contribution in [2.45, 2.75) is 39.3 Å². The van der Waals surface area contributed by atoms with Gasteiger partial charge < -0.3 is 15.0 Å². The number of hydrogen-bond acceptors (Lipinski definition) is 3. The first kappa shape index (κ1) is 13.9. The molecule has 0 saturated carbocycles. The Morgan fingerprint density at radius 2 is 2.11 bits per heavy atom. The van der Waals surface area contributed by atoms with Gasteiger partial charge in [0.15, 0.2) is 6.10 Å². The van der Waals surface area contributed by atoms with Crippen LogP contribution >= 0.6 is 0 Å². The fraction of sp³-hybridized carbons (Fsp3) is 0.533. The van der Waals surface area contributed by atoms with Gasteiger partial charge in [-0.2, -0.15) is 0 Å². The second kappa shape index (κ2) is 6.06. The van der Waals surface area contributed by atoms with E-state index < -0.39 is 6.10 Å². The SMILES string of the molecule is CC(C)NCCCN1C(=O)C(C)Oc2ccccc21. The number of nitrogens with one attached hydrogen (secondary N) is 1. The van der Waals surface area contributed by atoms with Gasteiger partial charge in [-0.3, -0.25) is 4.79 Å². The van der Waals surface area contributed by atoms with Crippen molar-refractivity contribution in [3.05, 3.63) is 24.3 Å². The van der Waals surface area contributed by atoms with Crippen LogP contribution < -0.4 is 15.0 Å². The molecule has 1 aliphatic heterocycles. The molecule has 1 N–H and O–H groups in total. The lowest BCUT2D eigenvalue weighted by Crippen LogP contribution is -2.45. The predicted molar refractivity (Wildman–Crippen MR) is 76.6 cm³/mol. The molecule has 0 bridgehead atoms. The lowest BCUT2D eigenvalue weighted by molar-refractivity contribution is -0.125. The highest BCUT2D eigenvalue weighted by Gasteiger charge is 2.30. The van der Waals surface area contributed by atoms with E-state index in [1.165, 1.54) is 0 Å². The summed E-state index contributed by atoms with van der Waals surface area (Å²) in [6.07, 6.45) is 0.540. The summed E-state index contributed by atoms with van der Waals surface area (Å²) in [6.45, 7) is 7.69. The molecule has 0 aromatic heterocycles. The van der Waals surface area contributed by atoms with Crippen LogP contribution in [0.4, 0.5) is 5.69 Å². The van der Waals surface area contributed by atoms with Crippen LogP contribution in [0.3, 0.4) is 0 Å². The summed E-state index contributed by atoms with van der Waals surface area (Å²) < 4.78 is 5.61. The zero-order valence-electron chi connectivity index (χ0n) is 11.8. The number of rotatable bonds is 5. The van der Waals surface area contributed by atoms with E-state index >= 15 is 0 Å². The van der Waals surface area contributed by atoms with Crippen molar-refractivity contribution in [1.29, 1.82) is 0 Å². The standard InChI is InChI=1S/C15H22N2O2/c1-11(2)16-9-6-10-17-13-7-4-5-8-14(13)19-12(3)15(17)18/h4-5,7-8,11-12,16H,6,9-10H2,1-3H3. The summed E-state index contributed by atoms with van der Waals surface area (Å²) in [7, 11) is 0. The topological polar surface area (TPSA) is 41.6 Å². The maximum absolute atomic E-state index is 12.2. The largest absolute Gasteiger partial charge is 0.479 e. The zero-order chi connectivity index (χ0) is 13.8. The zero-order valence-corrected chi connectivity index (χ0v) is 11.8. The number of carbonyl (C=O) groups excluding carboxylic acids is 1. The van der Waals surface area contributed by atoms with E-state index in [0.29, 0.717) is 6.04 Å². The molecule has 1 aliphatic rings. The molecule has 0 aliphatic carbocycles. The second-order valence-electron chi connectivity index (χ2n) is 5.18. The summed E-state index contributed by atoms with van der Waals surface area (Å²) in [5.41, 5.74) is 0.884. The molecule has 2 rings (SSSR count). The Morgan fingerprint density at radius 1 is 1.37 bits per heavy atom. The molecule has 1 aromatic carbocycles. The molecule has 1 unspecified atom stereocenters. The van der Waals surface area contributed by atoms with Crippen molar-refractivity contribution in [2.75, 3.05) is 18.0 Å². The van der Waals surface area contributed by atoms with Gasteiger partial charge in [-0.25, -0.2) is 0 Å². The van der Waals surface area contributed by atoms with Gasteiger partial charge in [0.2, 0.25) is 0 Å². The van der Waals surface area contributed by atoms with Crippen LogP contribution in [0.15, 0.2) is 24.3 Å². The van der Waals surface area contributed by atoms with Gasteiger partial charge in [-0.15, -0.1) is 0 Å².